The lowest BCUT2D eigenvalue weighted by Gasteiger charge is -1.87. The zero-order valence-corrected chi connectivity index (χ0v) is 7.16. The van der Waals surface area contributed by atoms with Crippen LogP contribution < -0.4 is 5.73 Å². The Balaban J connectivity index is 2.23. The zero-order valence-electron chi connectivity index (χ0n) is 7.16. The average molecular weight is 177 g/mol. The van der Waals surface area contributed by atoms with Crippen LogP contribution in [0, 0.1) is 0 Å². The predicted molar refractivity (Wildman–Crippen MR) is 49.0 cm³/mol. The second-order valence-corrected chi connectivity index (χ2v) is 2.83. The molecule has 0 radical (unpaired) electrons. The van der Waals surface area contributed by atoms with Crippen molar-refractivity contribution in [2.24, 2.45) is 5.73 Å². The maximum Gasteiger partial charge on any atom is 0.0997 e. The first-order valence-corrected chi connectivity index (χ1v) is 4.17. The highest BCUT2D eigenvalue weighted by molar-refractivity contribution is 5.57. The number of H-pyrrole nitrogens is 1. The molecule has 0 unspecified atom stereocenters. The predicted octanol–water partition coefficient (Wildman–Crippen LogP) is 1.17. The summed E-state index contributed by atoms with van der Waals surface area (Å²) in [5.41, 5.74) is 8.36. The Bertz CT molecular complexity index is 364. The first kappa shape index (κ1) is 8.07. The minimum atomic E-state index is 0.632. The molecule has 2 rings (SSSR count). The summed E-state index contributed by atoms with van der Waals surface area (Å²) in [4.78, 5) is 0. The fourth-order valence-corrected chi connectivity index (χ4v) is 1.20. The molecule has 0 fully saturated rings. The molecule has 13 heavy (non-hydrogen) atoms. The van der Waals surface area contributed by atoms with Gasteiger partial charge in [0.05, 0.1) is 18.2 Å². The SMILES string of the molecule is NCCc1cc(-c2ccoc2)n[nH]1. The molecule has 2 aromatic heterocycles. The molecule has 4 nitrogen and oxygen atoms in total. The highest BCUT2D eigenvalue weighted by atomic mass is 16.3. The van der Waals surface area contributed by atoms with Crippen LogP contribution in [-0.2, 0) is 6.42 Å². The van der Waals surface area contributed by atoms with Crippen LogP contribution in [0.3, 0.4) is 0 Å². The molecule has 68 valence electrons. The third-order valence-electron chi connectivity index (χ3n) is 1.86. The zero-order chi connectivity index (χ0) is 9.10. The summed E-state index contributed by atoms with van der Waals surface area (Å²) in [5.74, 6) is 0. The number of aromatic amines is 1. The standard InChI is InChI=1S/C9H11N3O/c10-3-1-8-5-9(12-11-8)7-2-4-13-6-7/h2,4-6H,1,3,10H2,(H,11,12). The monoisotopic (exact) mass is 177 g/mol. The molecule has 0 saturated carbocycles. The van der Waals surface area contributed by atoms with Gasteiger partial charge < -0.3 is 10.2 Å². The summed E-state index contributed by atoms with van der Waals surface area (Å²) in [5, 5.41) is 7.06. The van der Waals surface area contributed by atoms with E-state index in [1.807, 2.05) is 12.1 Å². The van der Waals surface area contributed by atoms with Crippen LogP contribution in [-0.4, -0.2) is 16.7 Å². The van der Waals surface area contributed by atoms with E-state index in [1.54, 1.807) is 12.5 Å². The molecular weight excluding hydrogens is 166 g/mol. The molecule has 0 bridgehead atoms. The van der Waals surface area contributed by atoms with E-state index in [4.69, 9.17) is 10.2 Å². The minimum Gasteiger partial charge on any atom is -0.472 e. The molecule has 2 aromatic rings. The third-order valence-corrected chi connectivity index (χ3v) is 1.86. The van der Waals surface area contributed by atoms with Crippen molar-refractivity contribution < 1.29 is 4.42 Å². The van der Waals surface area contributed by atoms with Crippen LogP contribution in [0.5, 0.6) is 0 Å². The van der Waals surface area contributed by atoms with Crippen LogP contribution in [0.15, 0.2) is 29.1 Å². The Kier molecular flexibility index (Phi) is 2.14. The highest BCUT2D eigenvalue weighted by Crippen LogP contribution is 2.17. The van der Waals surface area contributed by atoms with Gasteiger partial charge in [0.1, 0.15) is 0 Å². The van der Waals surface area contributed by atoms with Crippen LogP contribution in [0.2, 0.25) is 0 Å². The topological polar surface area (TPSA) is 67.8 Å². The number of rotatable bonds is 3. The Labute approximate surface area is 75.7 Å². The van der Waals surface area contributed by atoms with Gasteiger partial charge in [-0.15, -0.1) is 0 Å². The molecule has 2 heterocycles. The molecule has 0 amide bonds. The first-order valence-electron chi connectivity index (χ1n) is 4.17. The van der Waals surface area contributed by atoms with E-state index in [0.29, 0.717) is 6.54 Å². The number of nitrogens with one attached hydrogen (secondary N) is 1. The van der Waals surface area contributed by atoms with E-state index in [-0.39, 0.29) is 0 Å². The Morgan fingerprint density at radius 2 is 2.46 bits per heavy atom. The van der Waals surface area contributed by atoms with Crippen molar-refractivity contribution in [2.45, 2.75) is 6.42 Å². The number of aromatic nitrogens is 2. The summed E-state index contributed by atoms with van der Waals surface area (Å²) >= 11 is 0. The van der Waals surface area contributed by atoms with Crippen molar-refractivity contribution in [1.82, 2.24) is 10.2 Å². The van der Waals surface area contributed by atoms with Crippen molar-refractivity contribution >= 4 is 0 Å². The molecule has 0 atom stereocenters. The van der Waals surface area contributed by atoms with Gasteiger partial charge in [-0.25, -0.2) is 0 Å². The fraction of sp³-hybridized carbons (Fsp3) is 0.222. The second-order valence-electron chi connectivity index (χ2n) is 2.83. The molecule has 0 spiro atoms. The van der Waals surface area contributed by atoms with Crippen LogP contribution in [0.4, 0.5) is 0 Å². The first-order chi connectivity index (χ1) is 6.40. The fourth-order valence-electron chi connectivity index (χ4n) is 1.20. The summed E-state index contributed by atoms with van der Waals surface area (Å²) in [6, 6.07) is 3.86. The van der Waals surface area contributed by atoms with Gasteiger partial charge in [-0.2, -0.15) is 5.10 Å². The summed E-state index contributed by atoms with van der Waals surface area (Å²) < 4.78 is 4.96. The largest absolute Gasteiger partial charge is 0.472 e. The molecule has 3 N–H and O–H groups in total. The smallest absolute Gasteiger partial charge is 0.0997 e. The summed E-state index contributed by atoms with van der Waals surface area (Å²) in [6.45, 7) is 0.632. The van der Waals surface area contributed by atoms with E-state index >= 15 is 0 Å². The number of hydrogen-bond acceptors (Lipinski definition) is 3. The summed E-state index contributed by atoms with van der Waals surface area (Å²) in [6.07, 6.45) is 4.12. The number of nitrogens with two attached hydrogens (primary N) is 1. The number of furan rings is 1. The van der Waals surface area contributed by atoms with E-state index in [9.17, 15) is 0 Å². The minimum absolute atomic E-state index is 0.632. The van der Waals surface area contributed by atoms with E-state index < -0.39 is 0 Å². The van der Waals surface area contributed by atoms with Crippen molar-refractivity contribution in [1.29, 1.82) is 0 Å². The highest BCUT2D eigenvalue weighted by Gasteiger charge is 2.03. The number of hydrogen-bond donors (Lipinski definition) is 2. The number of nitrogens with zero attached hydrogens (tertiary/aromatic N) is 1. The summed E-state index contributed by atoms with van der Waals surface area (Å²) in [7, 11) is 0. The molecule has 0 aliphatic rings. The Morgan fingerprint density at radius 3 is 3.15 bits per heavy atom. The van der Waals surface area contributed by atoms with Crippen molar-refractivity contribution in [3.05, 3.63) is 30.4 Å². The normalized spacial score (nSPS) is 10.5. The second kappa shape index (κ2) is 3.45. The quantitative estimate of drug-likeness (QED) is 0.739. The van der Waals surface area contributed by atoms with Crippen molar-refractivity contribution in [2.75, 3.05) is 6.54 Å². The van der Waals surface area contributed by atoms with Crippen LogP contribution >= 0.6 is 0 Å². The molecule has 0 aliphatic carbocycles. The van der Waals surface area contributed by atoms with Crippen molar-refractivity contribution in [3.8, 4) is 11.3 Å². The van der Waals surface area contributed by atoms with Gasteiger partial charge in [-0.05, 0) is 18.7 Å². The third kappa shape index (κ3) is 1.62. The van der Waals surface area contributed by atoms with Gasteiger partial charge in [-0.3, -0.25) is 5.10 Å². The average Bonchev–Trinajstić information content (AvgIpc) is 2.70. The van der Waals surface area contributed by atoms with Gasteiger partial charge in [-0.1, -0.05) is 0 Å². The lowest BCUT2D eigenvalue weighted by atomic mass is 10.2. The Hall–Kier alpha value is -1.55. The van der Waals surface area contributed by atoms with Gasteiger partial charge in [0.25, 0.3) is 0 Å². The molecule has 4 heteroatoms. The van der Waals surface area contributed by atoms with Crippen LogP contribution in [0.25, 0.3) is 11.3 Å². The lowest BCUT2D eigenvalue weighted by molar-refractivity contribution is 0.568. The molecule has 0 aliphatic heterocycles. The maximum atomic E-state index is 5.42. The Morgan fingerprint density at radius 1 is 1.54 bits per heavy atom. The van der Waals surface area contributed by atoms with E-state index in [0.717, 1.165) is 23.4 Å². The van der Waals surface area contributed by atoms with E-state index in [1.165, 1.54) is 0 Å². The van der Waals surface area contributed by atoms with Gasteiger partial charge in [0.15, 0.2) is 0 Å². The molecular formula is C9H11N3O. The van der Waals surface area contributed by atoms with Crippen molar-refractivity contribution in [3.63, 3.8) is 0 Å². The van der Waals surface area contributed by atoms with Gasteiger partial charge >= 0.3 is 0 Å². The van der Waals surface area contributed by atoms with Crippen LogP contribution in [0.1, 0.15) is 5.69 Å². The molecule has 0 saturated heterocycles. The lowest BCUT2D eigenvalue weighted by Crippen LogP contribution is -2.02. The van der Waals surface area contributed by atoms with Gasteiger partial charge in [0, 0.05) is 17.7 Å². The molecule has 0 aromatic carbocycles. The maximum absolute atomic E-state index is 5.42. The van der Waals surface area contributed by atoms with Gasteiger partial charge in [0.2, 0.25) is 0 Å². The van der Waals surface area contributed by atoms with E-state index in [2.05, 4.69) is 10.2 Å².